The number of carbonyl (C=O) groups excluding carboxylic acids is 4. The fourth-order valence-corrected chi connectivity index (χ4v) is 5.10. The molecule has 0 bridgehead atoms. The number of hydrogen-bond donors (Lipinski definition) is 0. The topological polar surface area (TPSA) is 99.1 Å². The summed E-state index contributed by atoms with van der Waals surface area (Å²) in [5.74, 6) is -1.87. The fourth-order valence-electron chi connectivity index (χ4n) is 5.10. The lowest BCUT2D eigenvalue weighted by Crippen LogP contribution is -2.21. The Kier molecular flexibility index (Phi) is 10.9. The van der Waals surface area contributed by atoms with Gasteiger partial charge in [0.25, 0.3) is 5.78 Å². The summed E-state index contributed by atoms with van der Waals surface area (Å²) in [6.07, 6.45) is 7.73. The summed E-state index contributed by atoms with van der Waals surface area (Å²) < 4.78 is 5.02. The normalized spacial score (nSPS) is 13.8. The summed E-state index contributed by atoms with van der Waals surface area (Å²) >= 11 is 0. The zero-order chi connectivity index (χ0) is 29.9. The van der Waals surface area contributed by atoms with E-state index in [1.807, 2.05) is 55.5 Å². The van der Waals surface area contributed by atoms with Crippen LogP contribution in [0.2, 0.25) is 0 Å². The Morgan fingerprint density at radius 3 is 1.67 bits per heavy atom. The highest BCUT2D eigenvalue weighted by Crippen LogP contribution is 2.29. The molecule has 4 rings (SSSR count). The third kappa shape index (κ3) is 8.32. The van der Waals surface area contributed by atoms with E-state index >= 15 is 0 Å². The Hall–Kier alpha value is -4.39. The Labute approximate surface area is 246 Å². The van der Waals surface area contributed by atoms with Crippen molar-refractivity contribution in [1.29, 1.82) is 0 Å². The number of esters is 1. The maximum absolute atomic E-state index is 13.3. The summed E-state index contributed by atoms with van der Waals surface area (Å²) in [5.41, 5.74) is 4.89. The zero-order valence-corrected chi connectivity index (χ0v) is 24.3. The molecule has 1 saturated carbocycles. The number of oxime groups is 1. The molecule has 0 aromatic heterocycles. The third-order valence-electron chi connectivity index (χ3n) is 7.52. The van der Waals surface area contributed by atoms with Crippen molar-refractivity contribution < 1.29 is 28.8 Å². The summed E-state index contributed by atoms with van der Waals surface area (Å²) in [4.78, 5) is 53.8. The van der Waals surface area contributed by atoms with E-state index in [4.69, 9.17) is 9.57 Å². The van der Waals surface area contributed by atoms with Crippen molar-refractivity contribution >= 4 is 29.2 Å². The summed E-state index contributed by atoms with van der Waals surface area (Å²) in [6.45, 7) is 3.51. The highest BCUT2D eigenvalue weighted by atomic mass is 16.7. The van der Waals surface area contributed by atoms with Gasteiger partial charge in [-0.2, -0.15) is 0 Å². The number of unbranched alkanes of at least 4 members (excludes halogenated alkanes) is 1. The van der Waals surface area contributed by atoms with Gasteiger partial charge in [0.2, 0.25) is 5.78 Å². The predicted molar refractivity (Wildman–Crippen MR) is 162 cm³/mol. The first-order chi connectivity index (χ1) is 20.4. The molecular formula is C35H37NO6. The lowest BCUT2D eigenvalue weighted by atomic mass is 9.84. The van der Waals surface area contributed by atoms with Crippen LogP contribution in [0.3, 0.4) is 0 Å². The molecule has 0 N–H and O–H groups in total. The number of carbonyl (C=O) groups is 4. The van der Waals surface area contributed by atoms with Crippen LogP contribution in [0.25, 0.3) is 22.3 Å². The van der Waals surface area contributed by atoms with Crippen molar-refractivity contribution in [2.24, 2.45) is 11.1 Å². The molecule has 0 spiro atoms. The second-order valence-electron chi connectivity index (χ2n) is 10.7. The van der Waals surface area contributed by atoms with Gasteiger partial charge in [-0.25, -0.2) is 9.59 Å². The van der Waals surface area contributed by atoms with Crippen LogP contribution in [0.5, 0.6) is 0 Å². The van der Waals surface area contributed by atoms with Gasteiger partial charge in [0.1, 0.15) is 5.71 Å². The number of hydrogen-bond acceptors (Lipinski definition) is 7. The van der Waals surface area contributed by atoms with E-state index in [1.54, 1.807) is 24.3 Å². The third-order valence-corrected chi connectivity index (χ3v) is 7.52. The van der Waals surface area contributed by atoms with E-state index in [0.29, 0.717) is 23.5 Å². The number of Topliss-reactive ketones (excluding diaryl/α,β-unsaturated/α-hetero) is 2. The number of benzene rings is 3. The smallest absolute Gasteiger partial charge is 0.379 e. The average Bonchev–Trinajstić information content (AvgIpc) is 3.03. The van der Waals surface area contributed by atoms with Crippen LogP contribution in [0, 0.1) is 5.92 Å². The second kappa shape index (κ2) is 15.0. The van der Waals surface area contributed by atoms with Gasteiger partial charge in [-0.15, -0.1) is 0 Å². The largest absolute Gasteiger partial charge is 0.460 e. The average molecular weight is 568 g/mol. The van der Waals surface area contributed by atoms with Crippen LogP contribution in [-0.4, -0.2) is 35.8 Å². The molecular weight excluding hydrogens is 530 g/mol. The van der Waals surface area contributed by atoms with Gasteiger partial charge < -0.3 is 9.57 Å². The molecule has 0 radical (unpaired) electrons. The van der Waals surface area contributed by atoms with Crippen LogP contribution >= 0.6 is 0 Å². The molecule has 3 aromatic carbocycles. The van der Waals surface area contributed by atoms with Crippen LogP contribution < -0.4 is 0 Å². The number of ether oxygens (including phenoxy) is 1. The van der Waals surface area contributed by atoms with Crippen LogP contribution in [0.4, 0.5) is 0 Å². The monoisotopic (exact) mass is 567 g/mol. The first-order valence-corrected chi connectivity index (χ1v) is 14.7. The molecule has 7 nitrogen and oxygen atoms in total. The summed E-state index contributed by atoms with van der Waals surface area (Å²) in [7, 11) is 0. The van der Waals surface area contributed by atoms with Gasteiger partial charge >= 0.3 is 11.9 Å². The van der Waals surface area contributed by atoms with Crippen molar-refractivity contribution in [3.63, 3.8) is 0 Å². The van der Waals surface area contributed by atoms with Crippen molar-refractivity contribution in [3.05, 3.63) is 83.9 Å². The second-order valence-corrected chi connectivity index (χ2v) is 10.7. The van der Waals surface area contributed by atoms with E-state index in [9.17, 15) is 19.2 Å². The van der Waals surface area contributed by atoms with Gasteiger partial charge in [-0.1, -0.05) is 123 Å². The fraction of sp³-hybridized carbons (Fsp3) is 0.343. The lowest BCUT2D eigenvalue weighted by molar-refractivity contribution is -0.141. The standard InChI is InChI=1S/C35H37NO6/c1-3-4-22-41-35(40)34(39)31-20-16-29(17-21-31)27-12-10-26(11-13-27)28-14-18-30(19-15-28)33(38)32(36-42-24(2)37)23-25-8-6-5-7-9-25/h10-21,25H,3-9,22-23H2,1-2H3. The number of nitrogens with zero attached hydrogens (tertiary/aromatic N) is 1. The van der Waals surface area contributed by atoms with Gasteiger partial charge in [-0.05, 0) is 41.0 Å². The Bertz CT molecular complexity index is 1420. The van der Waals surface area contributed by atoms with Crippen molar-refractivity contribution in [3.8, 4) is 22.3 Å². The molecule has 3 aromatic rings. The SMILES string of the molecule is CCCCOC(=O)C(=O)c1ccc(-c2ccc(-c3ccc(C(=O)C(CC4CCCCC4)=NOC(C)=O)cc3)cc2)cc1. The van der Waals surface area contributed by atoms with Crippen molar-refractivity contribution in [2.75, 3.05) is 6.61 Å². The molecule has 1 aliphatic carbocycles. The summed E-state index contributed by atoms with van der Waals surface area (Å²) in [5, 5.41) is 3.93. The minimum Gasteiger partial charge on any atom is -0.460 e. The van der Waals surface area contributed by atoms with E-state index in [-0.39, 0.29) is 18.1 Å². The minimum atomic E-state index is -0.828. The maximum Gasteiger partial charge on any atom is 0.379 e. The zero-order valence-electron chi connectivity index (χ0n) is 24.3. The molecule has 0 aliphatic heterocycles. The first kappa shape index (κ1) is 30.6. The van der Waals surface area contributed by atoms with Crippen molar-refractivity contribution in [2.45, 2.75) is 65.2 Å². The molecule has 0 amide bonds. The Balaban J connectivity index is 1.42. The van der Waals surface area contributed by atoms with Crippen LogP contribution in [0.15, 0.2) is 78.0 Å². The maximum atomic E-state index is 13.3. The summed E-state index contributed by atoms with van der Waals surface area (Å²) in [6, 6.07) is 22.2. The Morgan fingerprint density at radius 2 is 1.19 bits per heavy atom. The molecule has 42 heavy (non-hydrogen) atoms. The first-order valence-electron chi connectivity index (χ1n) is 14.7. The van der Waals surface area contributed by atoms with Gasteiger partial charge in [0.05, 0.1) is 6.61 Å². The van der Waals surface area contributed by atoms with E-state index in [0.717, 1.165) is 60.8 Å². The van der Waals surface area contributed by atoms with Gasteiger partial charge in [-0.3, -0.25) is 9.59 Å². The molecule has 7 heteroatoms. The molecule has 0 unspecified atom stereocenters. The Morgan fingerprint density at radius 1 is 0.714 bits per heavy atom. The predicted octanol–water partition coefficient (Wildman–Crippen LogP) is 7.62. The quantitative estimate of drug-likeness (QED) is 0.0425. The van der Waals surface area contributed by atoms with E-state index < -0.39 is 17.7 Å². The van der Waals surface area contributed by atoms with Crippen LogP contribution in [-0.2, 0) is 19.2 Å². The highest BCUT2D eigenvalue weighted by Gasteiger charge is 2.23. The van der Waals surface area contributed by atoms with E-state index in [2.05, 4.69) is 5.16 Å². The van der Waals surface area contributed by atoms with Gasteiger partial charge in [0.15, 0.2) is 0 Å². The lowest BCUT2D eigenvalue weighted by Gasteiger charge is -2.21. The molecule has 1 fully saturated rings. The molecule has 0 saturated heterocycles. The highest BCUT2D eigenvalue weighted by molar-refractivity contribution is 6.46. The minimum absolute atomic E-state index is 0.222. The molecule has 0 atom stereocenters. The molecule has 1 aliphatic rings. The van der Waals surface area contributed by atoms with Crippen molar-refractivity contribution in [1.82, 2.24) is 0 Å². The molecule has 218 valence electrons. The number of ketones is 2. The van der Waals surface area contributed by atoms with Gasteiger partial charge in [0, 0.05) is 18.1 Å². The molecule has 0 heterocycles. The van der Waals surface area contributed by atoms with Crippen LogP contribution in [0.1, 0.15) is 85.9 Å². The van der Waals surface area contributed by atoms with E-state index in [1.165, 1.54) is 13.3 Å². The number of rotatable bonds is 12.